The first kappa shape index (κ1) is 10.9. The van der Waals surface area contributed by atoms with Crippen LogP contribution in [-0.2, 0) is 4.79 Å². The largest absolute Gasteiger partial charge is 0.384 e. The van der Waals surface area contributed by atoms with E-state index in [1.165, 1.54) is 0 Å². The molecule has 1 aromatic heterocycles. The van der Waals surface area contributed by atoms with Gasteiger partial charge in [0.05, 0.1) is 11.9 Å². The lowest BCUT2D eigenvalue weighted by Crippen LogP contribution is -2.27. The molecule has 1 aromatic rings. The first-order valence-corrected chi connectivity index (χ1v) is 5.49. The number of amides is 1. The molecule has 86 valence electrons. The Morgan fingerprint density at radius 3 is 3.12 bits per heavy atom. The molecule has 5 heteroatoms. The van der Waals surface area contributed by atoms with Gasteiger partial charge in [-0.05, 0) is 31.5 Å². The summed E-state index contributed by atoms with van der Waals surface area (Å²) in [5.41, 5.74) is 6.15. The van der Waals surface area contributed by atoms with E-state index in [9.17, 15) is 4.79 Å². The second kappa shape index (κ2) is 4.94. The number of nitrogens with two attached hydrogens (primary N) is 1. The van der Waals surface area contributed by atoms with Crippen LogP contribution in [0.4, 0.5) is 11.5 Å². The van der Waals surface area contributed by atoms with Gasteiger partial charge in [-0.1, -0.05) is 0 Å². The Bertz CT molecular complexity index is 357. The van der Waals surface area contributed by atoms with E-state index in [1.807, 2.05) is 0 Å². The van der Waals surface area contributed by atoms with Gasteiger partial charge in [0.25, 0.3) is 0 Å². The summed E-state index contributed by atoms with van der Waals surface area (Å²) in [6, 6.07) is 3.74. The fourth-order valence-electron chi connectivity index (χ4n) is 1.85. The van der Waals surface area contributed by atoms with E-state index < -0.39 is 0 Å². The van der Waals surface area contributed by atoms with Gasteiger partial charge in [0, 0.05) is 12.5 Å². The lowest BCUT2D eigenvalue weighted by atomic mass is 10.1. The van der Waals surface area contributed by atoms with Crippen molar-refractivity contribution in [3.8, 4) is 0 Å². The van der Waals surface area contributed by atoms with Crippen LogP contribution in [0.15, 0.2) is 18.3 Å². The van der Waals surface area contributed by atoms with E-state index in [4.69, 9.17) is 5.73 Å². The average molecular weight is 220 g/mol. The molecule has 4 N–H and O–H groups in total. The van der Waals surface area contributed by atoms with Crippen LogP contribution in [0, 0.1) is 0 Å². The number of rotatable bonds is 3. The van der Waals surface area contributed by atoms with Gasteiger partial charge in [-0.15, -0.1) is 0 Å². The van der Waals surface area contributed by atoms with Crippen LogP contribution < -0.4 is 16.4 Å². The predicted molar refractivity (Wildman–Crippen MR) is 62.9 cm³/mol. The van der Waals surface area contributed by atoms with Gasteiger partial charge in [-0.2, -0.15) is 0 Å². The Balaban J connectivity index is 1.84. The van der Waals surface area contributed by atoms with Crippen LogP contribution in [0.2, 0.25) is 0 Å². The molecule has 1 atom stereocenters. The predicted octanol–water partition coefficient (Wildman–Crippen LogP) is 0.744. The molecule has 2 rings (SSSR count). The van der Waals surface area contributed by atoms with Crippen molar-refractivity contribution >= 4 is 17.4 Å². The summed E-state index contributed by atoms with van der Waals surface area (Å²) in [6.45, 7) is 1.02. The number of nitrogen functional groups attached to an aromatic ring is 1. The van der Waals surface area contributed by atoms with Gasteiger partial charge >= 0.3 is 0 Å². The minimum atomic E-state index is 0.0194. The van der Waals surface area contributed by atoms with E-state index in [0.29, 0.717) is 24.0 Å². The van der Waals surface area contributed by atoms with Crippen molar-refractivity contribution < 1.29 is 4.79 Å². The van der Waals surface area contributed by atoms with Crippen LogP contribution in [0.25, 0.3) is 0 Å². The monoisotopic (exact) mass is 220 g/mol. The Kier molecular flexibility index (Phi) is 3.36. The molecule has 1 aliphatic rings. The highest BCUT2D eigenvalue weighted by atomic mass is 16.1. The molecular weight excluding hydrogens is 204 g/mol. The zero-order valence-corrected chi connectivity index (χ0v) is 9.07. The summed E-state index contributed by atoms with van der Waals surface area (Å²) < 4.78 is 0. The van der Waals surface area contributed by atoms with E-state index in [-0.39, 0.29) is 5.91 Å². The highest BCUT2D eigenvalue weighted by Crippen LogP contribution is 2.11. The quantitative estimate of drug-likeness (QED) is 0.702. The SMILES string of the molecule is Nc1ccc(NC(=O)CC2CCCN2)cn1. The van der Waals surface area contributed by atoms with Gasteiger partial charge in [0.2, 0.25) is 5.91 Å². The number of carbonyl (C=O) groups excluding carboxylic acids is 1. The van der Waals surface area contributed by atoms with Crippen LogP contribution in [0.3, 0.4) is 0 Å². The second-order valence-electron chi connectivity index (χ2n) is 4.02. The number of nitrogens with zero attached hydrogens (tertiary/aromatic N) is 1. The van der Waals surface area contributed by atoms with Gasteiger partial charge < -0.3 is 16.4 Å². The Morgan fingerprint density at radius 2 is 2.50 bits per heavy atom. The van der Waals surface area contributed by atoms with Crippen LogP contribution in [0.5, 0.6) is 0 Å². The van der Waals surface area contributed by atoms with Crippen LogP contribution in [0.1, 0.15) is 19.3 Å². The topological polar surface area (TPSA) is 80.0 Å². The van der Waals surface area contributed by atoms with Crippen molar-refractivity contribution in [2.24, 2.45) is 0 Å². The number of carbonyl (C=O) groups is 1. The number of hydrogen-bond donors (Lipinski definition) is 3. The second-order valence-corrected chi connectivity index (χ2v) is 4.02. The Labute approximate surface area is 94.4 Å². The van der Waals surface area contributed by atoms with Crippen LogP contribution in [-0.4, -0.2) is 23.5 Å². The van der Waals surface area contributed by atoms with Gasteiger partial charge in [0.15, 0.2) is 0 Å². The fraction of sp³-hybridized carbons (Fsp3) is 0.455. The maximum atomic E-state index is 11.6. The van der Waals surface area contributed by atoms with Crippen molar-refractivity contribution in [3.05, 3.63) is 18.3 Å². The molecule has 1 unspecified atom stereocenters. The molecule has 1 fully saturated rings. The molecule has 1 saturated heterocycles. The summed E-state index contributed by atoms with van der Waals surface area (Å²) in [5.74, 6) is 0.474. The molecule has 0 bridgehead atoms. The molecule has 0 radical (unpaired) electrons. The molecule has 16 heavy (non-hydrogen) atoms. The third kappa shape index (κ3) is 2.93. The maximum absolute atomic E-state index is 11.6. The van der Waals surface area contributed by atoms with Crippen molar-refractivity contribution in [2.75, 3.05) is 17.6 Å². The highest BCUT2D eigenvalue weighted by molar-refractivity contribution is 5.91. The molecule has 1 amide bonds. The standard InChI is InChI=1S/C11H16N4O/c12-10-4-3-9(7-14-10)15-11(16)6-8-2-1-5-13-8/h3-4,7-8,13H,1-2,5-6H2,(H2,12,14)(H,15,16). The first-order chi connectivity index (χ1) is 7.74. The van der Waals surface area contributed by atoms with Gasteiger partial charge in [-0.3, -0.25) is 4.79 Å². The van der Waals surface area contributed by atoms with E-state index in [2.05, 4.69) is 15.6 Å². The maximum Gasteiger partial charge on any atom is 0.225 e. The lowest BCUT2D eigenvalue weighted by Gasteiger charge is -2.10. The third-order valence-electron chi connectivity index (χ3n) is 2.66. The molecular formula is C11H16N4O. The summed E-state index contributed by atoms with van der Waals surface area (Å²) in [6.07, 6.45) is 4.31. The number of aromatic nitrogens is 1. The van der Waals surface area contributed by atoms with Gasteiger partial charge in [-0.25, -0.2) is 4.98 Å². The molecule has 2 heterocycles. The van der Waals surface area contributed by atoms with Crippen molar-refractivity contribution in [1.82, 2.24) is 10.3 Å². The molecule has 0 aromatic carbocycles. The number of hydrogen-bond acceptors (Lipinski definition) is 4. The molecule has 0 aliphatic carbocycles. The van der Waals surface area contributed by atoms with E-state index in [0.717, 1.165) is 19.4 Å². The normalized spacial score (nSPS) is 19.6. The number of pyridine rings is 1. The third-order valence-corrected chi connectivity index (χ3v) is 2.66. The lowest BCUT2D eigenvalue weighted by molar-refractivity contribution is -0.116. The minimum absolute atomic E-state index is 0.0194. The average Bonchev–Trinajstić information content (AvgIpc) is 2.74. The summed E-state index contributed by atoms with van der Waals surface area (Å²) in [5, 5.41) is 6.08. The van der Waals surface area contributed by atoms with Crippen LogP contribution >= 0.6 is 0 Å². The molecule has 0 saturated carbocycles. The summed E-state index contributed by atoms with van der Waals surface area (Å²) in [4.78, 5) is 15.6. The van der Waals surface area contributed by atoms with Crippen molar-refractivity contribution in [1.29, 1.82) is 0 Å². The van der Waals surface area contributed by atoms with Gasteiger partial charge in [0.1, 0.15) is 5.82 Å². The summed E-state index contributed by atoms with van der Waals surface area (Å²) >= 11 is 0. The highest BCUT2D eigenvalue weighted by Gasteiger charge is 2.17. The Morgan fingerprint density at radius 1 is 1.62 bits per heavy atom. The zero-order chi connectivity index (χ0) is 11.4. The molecule has 0 spiro atoms. The zero-order valence-electron chi connectivity index (χ0n) is 9.07. The number of nitrogens with one attached hydrogen (secondary N) is 2. The smallest absolute Gasteiger partial charge is 0.225 e. The fourth-order valence-corrected chi connectivity index (χ4v) is 1.85. The van der Waals surface area contributed by atoms with Crippen molar-refractivity contribution in [3.63, 3.8) is 0 Å². The van der Waals surface area contributed by atoms with E-state index >= 15 is 0 Å². The van der Waals surface area contributed by atoms with Crippen molar-refractivity contribution in [2.45, 2.75) is 25.3 Å². The molecule has 5 nitrogen and oxygen atoms in total. The first-order valence-electron chi connectivity index (χ1n) is 5.49. The van der Waals surface area contributed by atoms with E-state index in [1.54, 1.807) is 18.3 Å². The molecule has 1 aliphatic heterocycles. The Hall–Kier alpha value is -1.62. The number of anilines is 2. The minimum Gasteiger partial charge on any atom is -0.384 e. The summed E-state index contributed by atoms with van der Waals surface area (Å²) in [7, 11) is 0.